The smallest absolute Gasteiger partial charge is 0.338 e. The van der Waals surface area contributed by atoms with Crippen molar-refractivity contribution in [2.45, 2.75) is 25.4 Å². The Morgan fingerprint density at radius 1 is 1.03 bits per heavy atom. The molecule has 154 valence electrons. The number of halogens is 4. The zero-order valence-corrected chi connectivity index (χ0v) is 15.3. The second kappa shape index (κ2) is 8.50. The highest BCUT2D eigenvalue weighted by atomic mass is 19.4. The fraction of sp³-hybridized carbons (Fsp3) is 0.300. The van der Waals surface area contributed by atoms with Crippen molar-refractivity contribution in [3.8, 4) is 0 Å². The summed E-state index contributed by atoms with van der Waals surface area (Å²) in [5.41, 5.74) is -2.03. The molecule has 0 heterocycles. The number of carbonyl (C=O) groups excluding carboxylic acids is 2. The molecule has 1 saturated carbocycles. The van der Waals surface area contributed by atoms with Gasteiger partial charge in [-0.05, 0) is 49.1 Å². The number of nitrogens with one attached hydrogen (secondary N) is 3. The van der Waals surface area contributed by atoms with Crippen molar-refractivity contribution < 1.29 is 27.2 Å². The summed E-state index contributed by atoms with van der Waals surface area (Å²) in [5, 5.41) is 7.00. The van der Waals surface area contributed by atoms with Gasteiger partial charge in [0.15, 0.2) is 0 Å². The SMILES string of the molecule is O=C(NCC1CCC1)Nc1ccc(NC(=O)c2ccccc2F)cc1C(F)(F)F. The average molecular weight is 409 g/mol. The highest BCUT2D eigenvalue weighted by Gasteiger charge is 2.34. The lowest BCUT2D eigenvalue weighted by atomic mass is 9.85. The van der Waals surface area contributed by atoms with Crippen molar-refractivity contribution >= 4 is 23.3 Å². The summed E-state index contributed by atoms with van der Waals surface area (Å²) in [7, 11) is 0. The van der Waals surface area contributed by atoms with E-state index >= 15 is 0 Å². The van der Waals surface area contributed by atoms with Gasteiger partial charge in [0.1, 0.15) is 5.82 Å². The molecule has 0 radical (unpaired) electrons. The van der Waals surface area contributed by atoms with E-state index in [4.69, 9.17) is 0 Å². The van der Waals surface area contributed by atoms with Gasteiger partial charge in [-0.25, -0.2) is 9.18 Å². The van der Waals surface area contributed by atoms with Crippen LogP contribution in [0.3, 0.4) is 0 Å². The molecule has 1 aliphatic carbocycles. The maximum atomic E-state index is 13.7. The van der Waals surface area contributed by atoms with Crippen molar-refractivity contribution in [2.75, 3.05) is 17.2 Å². The van der Waals surface area contributed by atoms with Crippen LogP contribution >= 0.6 is 0 Å². The summed E-state index contributed by atoms with van der Waals surface area (Å²) in [5.74, 6) is -1.31. The summed E-state index contributed by atoms with van der Waals surface area (Å²) in [4.78, 5) is 24.0. The fourth-order valence-electron chi connectivity index (χ4n) is 2.91. The number of benzene rings is 2. The molecule has 5 nitrogen and oxygen atoms in total. The Hall–Kier alpha value is -3.10. The van der Waals surface area contributed by atoms with Crippen LogP contribution in [-0.4, -0.2) is 18.5 Å². The van der Waals surface area contributed by atoms with Gasteiger partial charge in [0, 0.05) is 12.2 Å². The van der Waals surface area contributed by atoms with E-state index in [1.165, 1.54) is 24.3 Å². The molecule has 1 fully saturated rings. The van der Waals surface area contributed by atoms with Crippen LogP contribution < -0.4 is 16.0 Å². The van der Waals surface area contributed by atoms with Crippen LogP contribution in [-0.2, 0) is 6.18 Å². The molecule has 3 rings (SSSR count). The largest absolute Gasteiger partial charge is 0.418 e. The van der Waals surface area contributed by atoms with Gasteiger partial charge in [0.2, 0.25) is 0 Å². The highest BCUT2D eigenvalue weighted by Crippen LogP contribution is 2.36. The van der Waals surface area contributed by atoms with Gasteiger partial charge in [-0.1, -0.05) is 18.6 Å². The van der Waals surface area contributed by atoms with E-state index in [0.717, 1.165) is 31.4 Å². The van der Waals surface area contributed by atoms with E-state index in [2.05, 4.69) is 16.0 Å². The molecular weight excluding hydrogens is 390 g/mol. The number of alkyl halides is 3. The minimum atomic E-state index is -4.77. The van der Waals surface area contributed by atoms with Crippen LogP contribution in [0.15, 0.2) is 42.5 Å². The molecule has 0 unspecified atom stereocenters. The molecule has 3 amide bonds. The van der Waals surface area contributed by atoms with Gasteiger partial charge in [-0.3, -0.25) is 4.79 Å². The normalized spacial score (nSPS) is 14.1. The number of carbonyl (C=O) groups is 2. The van der Waals surface area contributed by atoms with Gasteiger partial charge in [-0.2, -0.15) is 13.2 Å². The van der Waals surface area contributed by atoms with E-state index in [0.29, 0.717) is 18.5 Å². The van der Waals surface area contributed by atoms with Gasteiger partial charge >= 0.3 is 12.2 Å². The molecule has 29 heavy (non-hydrogen) atoms. The molecular formula is C20H19F4N3O2. The number of urea groups is 1. The quantitative estimate of drug-likeness (QED) is 0.607. The lowest BCUT2D eigenvalue weighted by Crippen LogP contribution is -2.35. The second-order valence-corrected chi connectivity index (χ2v) is 6.82. The Labute approximate surface area is 164 Å². The topological polar surface area (TPSA) is 70.2 Å². The minimum Gasteiger partial charge on any atom is -0.338 e. The van der Waals surface area contributed by atoms with Crippen molar-refractivity contribution in [1.82, 2.24) is 5.32 Å². The average Bonchev–Trinajstić information content (AvgIpc) is 2.61. The summed E-state index contributed by atoms with van der Waals surface area (Å²) in [6, 6.07) is 7.34. The first-order chi connectivity index (χ1) is 13.7. The third kappa shape index (κ3) is 5.24. The number of hydrogen-bond donors (Lipinski definition) is 3. The van der Waals surface area contributed by atoms with E-state index in [9.17, 15) is 27.2 Å². The molecule has 0 saturated heterocycles. The van der Waals surface area contributed by atoms with Gasteiger partial charge in [0.05, 0.1) is 16.8 Å². The van der Waals surface area contributed by atoms with Crippen molar-refractivity contribution in [3.63, 3.8) is 0 Å². The molecule has 2 aromatic rings. The number of anilines is 2. The second-order valence-electron chi connectivity index (χ2n) is 6.82. The van der Waals surface area contributed by atoms with Crippen LogP contribution in [0.4, 0.5) is 33.7 Å². The van der Waals surface area contributed by atoms with Crippen molar-refractivity contribution in [3.05, 3.63) is 59.4 Å². The molecule has 1 aliphatic rings. The van der Waals surface area contributed by atoms with Gasteiger partial charge in [0.25, 0.3) is 5.91 Å². The predicted molar refractivity (Wildman–Crippen MR) is 100 cm³/mol. The van der Waals surface area contributed by atoms with Crippen LogP contribution in [0.1, 0.15) is 35.2 Å². The standard InChI is InChI=1S/C20H19F4N3O2/c21-16-7-2-1-6-14(16)18(28)26-13-8-9-17(15(10-13)20(22,23)24)27-19(29)25-11-12-4-3-5-12/h1-2,6-10,12H,3-5,11H2,(H,26,28)(H2,25,27,29). The van der Waals surface area contributed by atoms with E-state index in [1.54, 1.807) is 0 Å². The van der Waals surface area contributed by atoms with Crippen LogP contribution in [0, 0.1) is 11.7 Å². The maximum Gasteiger partial charge on any atom is 0.418 e. The summed E-state index contributed by atoms with van der Waals surface area (Å²) >= 11 is 0. The zero-order chi connectivity index (χ0) is 21.0. The molecule has 0 spiro atoms. The third-order valence-corrected chi connectivity index (χ3v) is 4.73. The van der Waals surface area contributed by atoms with Gasteiger partial charge < -0.3 is 16.0 Å². The first-order valence-electron chi connectivity index (χ1n) is 9.06. The Kier molecular flexibility index (Phi) is 6.05. The first kappa shape index (κ1) is 20.6. The molecule has 0 aromatic heterocycles. The predicted octanol–water partition coefficient (Wildman–Crippen LogP) is 5.02. The Morgan fingerprint density at radius 2 is 1.76 bits per heavy atom. The molecule has 0 aliphatic heterocycles. The third-order valence-electron chi connectivity index (χ3n) is 4.73. The fourth-order valence-corrected chi connectivity index (χ4v) is 2.91. The minimum absolute atomic E-state index is 0.175. The van der Waals surface area contributed by atoms with Crippen molar-refractivity contribution in [1.29, 1.82) is 0 Å². The Balaban J connectivity index is 1.74. The lowest BCUT2D eigenvalue weighted by molar-refractivity contribution is -0.136. The van der Waals surface area contributed by atoms with E-state index < -0.39 is 35.2 Å². The van der Waals surface area contributed by atoms with E-state index in [-0.39, 0.29) is 11.3 Å². The van der Waals surface area contributed by atoms with Crippen LogP contribution in [0.2, 0.25) is 0 Å². The molecule has 9 heteroatoms. The molecule has 3 N–H and O–H groups in total. The highest BCUT2D eigenvalue weighted by molar-refractivity contribution is 6.04. The molecule has 0 atom stereocenters. The first-order valence-corrected chi connectivity index (χ1v) is 9.06. The maximum absolute atomic E-state index is 13.7. The number of amides is 3. The monoisotopic (exact) mass is 409 g/mol. The molecule has 2 aromatic carbocycles. The lowest BCUT2D eigenvalue weighted by Gasteiger charge is -2.25. The summed E-state index contributed by atoms with van der Waals surface area (Å²) in [6.45, 7) is 0.407. The van der Waals surface area contributed by atoms with E-state index in [1.807, 2.05) is 0 Å². The Bertz CT molecular complexity index is 911. The van der Waals surface area contributed by atoms with Crippen LogP contribution in [0.25, 0.3) is 0 Å². The Morgan fingerprint density at radius 3 is 2.38 bits per heavy atom. The zero-order valence-electron chi connectivity index (χ0n) is 15.3. The number of rotatable bonds is 5. The van der Waals surface area contributed by atoms with Crippen molar-refractivity contribution in [2.24, 2.45) is 5.92 Å². The van der Waals surface area contributed by atoms with Gasteiger partial charge in [-0.15, -0.1) is 0 Å². The molecule has 0 bridgehead atoms. The summed E-state index contributed by atoms with van der Waals surface area (Å²) < 4.78 is 54.0. The number of hydrogen-bond acceptors (Lipinski definition) is 2. The summed E-state index contributed by atoms with van der Waals surface area (Å²) in [6.07, 6.45) is -1.70. The van der Waals surface area contributed by atoms with Crippen LogP contribution in [0.5, 0.6) is 0 Å².